The lowest BCUT2D eigenvalue weighted by Gasteiger charge is -2.09. The molecule has 0 saturated heterocycles. The molecule has 0 aliphatic carbocycles. The van der Waals surface area contributed by atoms with Crippen molar-refractivity contribution in [3.05, 3.63) is 9.75 Å². The standard InChI is InChI=1S/C14H18N2O8S/c1-5-21-11(17)9-7(23-13(19)15-3)8(24-14(20)16-4)10(25-9)12(18)22-6-2/h5-6H2,1-4H3,(H,15,19)(H,16,20). The minimum Gasteiger partial charge on any atom is -0.462 e. The van der Waals surface area contributed by atoms with Crippen molar-refractivity contribution >= 4 is 35.5 Å². The van der Waals surface area contributed by atoms with Crippen molar-refractivity contribution in [1.29, 1.82) is 0 Å². The number of hydrogen-bond donors (Lipinski definition) is 2. The Kier molecular flexibility index (Phi) is 7.66. The second-order valence-electron chi connectivity index (χ2n) is 4.14. The van der Waals surface area contributed by atoms with Gasteiger partial charge in [0, 0.05) is 14.1 Å². The predicted molar refractivity (Wildman–Crippen MR) is 86.4 cm³/mol. The number of ether oxygens (including phenoxy) is 4. The number of amides is 2. The Hall–Kier alpha value is -2.82. The van der Waals surface area contributed by atoms with Gasteiger partial charge in [-0.05, 0) is 13.8 Å². The largest absolute Gasteiger partial charge is 0.462 e. The number of hydrogen-bond acceptors (Lipinski definition) is 9. The first kappa shape index (κ1) is 20.2. The maximum atomic E-state index is 12.1. The van der Waals surface area contributed by atoms with E-state index in [9.17, 15) is 19.2 Å². The van der Waals surface area contributed by atoms with Crippen LogP contribution < -0.4 is 20.1 Å². The molecule has 0 radical (unpaired) electrons. The molecule has 25 heavy (non-hydrogen) atoms. The fourth-order valence-corrected chi connectivity index (χ4v) is 2.48. The van der Waals surface area contributed by atoms with Gasteiger partial charge in [-0.15, -0.1) is 11.3 Å². The summed E-state index contributed by atoms with van der Waals surface area (Å²) in [7, 11) is 2.59. The van der Waals surface area contributed by atoms with Crippen LogP contribution in [0.15, 0.2) is 0 Å². The van der Waals surface area contributed by atoms with Gasteiger partial charge in [0.2, 0.25) is 11.5 Å². The summed E-state index contributed by atoms with van der Waals surface area (Å²) in [5, 5.41) is 4.38. The third-order valence-corrected chi connectivity index (χ3v) is 3.65. The molecule has 2 amide bonds. The zero-order valence-electron chi connectivity index (χ0n) is 14.1. The maximum Gasteiger partial charge on any atom is 0.412 e. The average molecular weight is 374 g/mol. The molecule has 11 heteroatoms. The van der Waals surface area contributed by atoms with Crippen LogP contribution in [-0.4, -0.2) is 51.4 Å². The van der Waals surface area contributed by atoms with E-state index in [-0.39, 0.29) is 23.0 Å². The van der Waals surface area contributed by atoms with Crippen LogP contribution in [0.2, 0.25) is 0 Å². The fourth-order valence-electron chi connectivity index (χ4n) is 1.54. The first-order valence-corrected chi connectivity index (χ1v) is 8.01. The number of rotatable bonds is 6. The van der Waals surface area contributed by atoms with Crippen LogP contribution in [0.1, 0.15) is 33.2 Å². The van der Waals surface area contributed by atoms with E-state index in [4.69, 9.17) is 18.9 Å². The van der Waals surface area contributed by atoms with Crippen LogP contribution >= 0.6 is 11.3 Å². The topological polar surface area (TPSA) is 129 Å². The highest BCUT2D eigenvalue weighted by Gasteiger charge is 2.33. The van der Waals surface area contributed by atoms with Crippen molar-refractivity contribution in [2.75, 3.05) is 27.3 Å². The summed E-state index contributed by atoms with van der Waals surface area (Å²) in [4.78, 5) is 46.9. The second-order valence-corrected chi connectivity index (χ2v) is 5.16. The highest BCUT2D eigenvalue weighted by atomic mass is 32.1. The van der Waals surface area contributed by atoms with Gasteiger partial charge in [0.15, 0.2) is 9.75 Å². The van der Waals surface area contributed by atoms with Crippen LogP contribution in [0.25, 0.3) is 0 Å². The van der Waals surface area contributed by atoms with Gasteiger partial charge < -0.3 is 29.6 Å². The van der Waals surface area contributed by atoms with Crippen LogP contribution in [-0.2, 0) is 9.47 Å². The highest BCUT2D eigenvalue weighted by molar-refractivity contribution is 7.16. The molecule has 1 heterocycles. The van der Waals surface area contributed by atoms with Crippen LogP contribution in [0.4, 0.5) is 9.59 Å². The SMILES string of the molecule is CCOC(=O)c1sc(C(=O)OCC)c(OC(=O)NC)c1OC(=O)NC. The van der Waals surface area contributed by atoms with Gasteiger partial charge in [0.05, 0.1) is 13.2 Å². The van der Waals surface area contributed by atoms with Gasteiger partial charge in [0.25, 0.3) is 0 Å². The van der Waals surface area contributed by atoms with E-state index in [1.807, 2.05) is 0 Å². The third kappa shape index (κ3) is 5.08. The van der Waals surface area contributed by atoms with Crippen molar-refractivity contribution in [1.82, 2.24) is 10.6 Å². The molecule has 0 bridgehead atoms. The fraction of sp³-hybridized carbons (Fsp3) is 0.429. The molecule has 10 nitrogen and oxygen atoms in total. The van der Waals surface area contributed by atoms with Gasteiger partial charge >= 0.3 is 24.1 Å². The quantitative estimate of drug-likeness (QED) is 0.717. The molecule has 138 valence electrons. The van der Waals surface area contributed by atoms with Crippen molar-refractivity contribution in [3.63, 3.8) is 0 Å². The van der Waals surface area contributed by atoms with Gasteiger partial charge in [-0.25, -0.2) is 19.2 Å². The normalized spacial score (nSPS) is 9.76. The molecule has 2 N–H and O–H groups in total. The molecule has 0 saturated carbocycles. The maximum absolute atomic E-state index is 12.1. The number of carbonyl (C=O) groups is 4. The highest BCUT2D eigenvalue weighted by Crippen LogP contribution is 2.43. The molecule has 0 spiro atoms. The molecular weight excluding hydrogens is 356 g/mol. The summed E-state index contributed by atoms with van der Waals surface area (Å²) >= 11 is 0.628. The number of nitrogens with one attached hydrogen (secondary N) is 2. The Balaban J connectivity index is 3.50. The summed E-state index contributed by atoms with van der Waals surface area (Å²) in [6, 6.07) is 0. The van der Waals surface area contributed by atoms with Gasteiger partial charge in [-0.2, -0.15) is 0 Å². The molecule has 0 fully saturated rings. The molecule has 0 aliphatic rings. The van der Waals surface area contributed by atoms with Crippen molar-refractivity contribution in [2.45, 2.75) is 13.8 Å². The summed E-state index contributed by atoms with van der Waals surface area (Å²) in [6.45, 7) is 3.27. The lowest BCUT2D eigenvalue weighted by Crippen LogP contribution is -2.25. The van der Waals surface area contributed by atoms with E-state index in [0.717, 1.165) is 0 Å². The smallest absolute Gasteiger partial charge is 0.412 e. The zero-order valence-corrected chi connectivity index (χ0v) is 14.9. The molecular formula is C14H18N2O8S. The first-order chi connectivity index (χ1) is 11.9. The van der Waals surface area contributed by atoms with E-state index in [1.54, 1.807) is 13.8 Å². The first-order valence-electron chi connectivity index (χ1n) is 7.19. The molecule has 0 unspecified atom stereocenters. The van der Waals surface area contributed by atoms with Crippen molar-refractivity contribution < 1.29 is 38.1 Å². The van der Waals surface area contributed by atoms with E-state index < -0.39 is 35.6 Å². The Morgan fingerprint density at radius 3 is 1.44 bits per heavy atom. The minimum absolute atomic E-state index is 0.0521. The molecule has 1 aromatic rings. The van der Waals surface area contributed by atoms with Gasteiger partial charge in [0.1, 0.15) is 0 Å². The summed E-state index contributed by atoms with van der Waals surface area (Å²) in [5.74, 6) is -2.50. The summed E-state index contributed by atoms with van der Waals surface area (Å²) in [6.07, 6.45) is -1.86. The number of carbonyl (C=O) groups excluding carboxylic acids is 4. The van der Waals surface area contributed by atoms with Crippen LogP contribution in [0, 0.1) is 0 Å². The average Bonchev–Trinajstić information content (AvgIpc) is 2.93. The van der Waals surface area contributed by atoms with Gasteiger partial charge in [-0.1, -0.05) is 0 Å². The summed E-state index contributed by atoms with van der Waals surface area (Å²) < 4.78 is 19.7. The lowest BCUT2D eigenvalue weighted by molar-refractivity contribution is 0.0519. The molecule has 0 atom stereocenters. The molecule has 1 rings (SSSR count). The molecule has 1 aromatic heterocycles. The van der Waals surface area contributed by atoms with E-state index >= 15 is 0 Å². The Bertz CT molecular complexity index is 616. The Labute approximate surface area is 147 Å². The molecule has 0 aromatic carbocycles. The zero-order chi connectivity index (χ0) is 19.0. The second kappa shape index (κ2) is 9.47. The lowest BCUT2D eigenvalue weighted by atomic mass is 10.3. The van der Waals surface area contributed by atoms with Gasteiger partial charge in [-0.3, -0.25) is 0 Å². The van der Waals surface area contributed by atoms with E-state index in [0.29, 0.717) is 11.3 Å². The third-order valence-electron chi connectivity index (χ3n) is 2.54. The monoisotopic (exact) mass is 374 g/mol. The van der Waals surface area contributed by atoms with Crippen LogP contribution in [0.3, 0.4) is 0 Å². The van der Waals surface area contributed by atoms with Crippen molar-refractivity contribution in [3.8, 4) is 11.5 Å². The molecule has 0 aliphatic heterocycles. The van der Waals surface area contributed by atoms with Crippen molar-refractivity contribution in [2.24, 2.45) is 0 Å². The number of esters is 2. The summed E-state index contributed by atoms with van der Waals surface area (Å²) in [5.41, 5.74) is 0. The minimum atomic E-state index is -0.930. The Morgan fingerprint density at radius 2 is 1.16 bits per heavy atom. The number of thiophene rings is 1. The van der Waals surface area contributed by atoms with E-state index in [1.165, 1.54) is 14.1 Å². The van der Waals surface area contributed by atoms with E-state index in [2.05, 4.69) is 10.6 Å². The van der Waals surface area contributed by atoms with Crippen LogP contribution in [0.5, 0.6) is 11.5 Å². The predicted octanol–water partition coefficient (Wildman–Crippen LogP) is 1.54. The Morgan fingerprint density at radius 1 is 0.800 bits per heavy atom.